The minimum atomic E-state index is -0.201. The second kappa shape index (κ2) is 5.19. The van der Waals surface area contributed by atoms with Gasteiger partial charge in [0.15, 0.2) is 0 Å². The van der Waals surface area contributed by atoms with Crippen molar-refractivity contribution in [2.45, 2.75) is 6.92 Å². The lowest BCUT2D eigenvalue weighted by Crippen LogP contribution is -2.37. The lowest BCUT2D eigenvalue weighted by molar-refractivity contribution is -0.870. The Bertz CT molecular complexity index is 120. The van der Waals surface area contributed by atoms with Crippen LogP contribution in [-0.4, -0.2) is 53.2 Å². The topological polar surface area (TPSA) is 26.3 Å². The summed E-state index contributed by atoms with van der Waals surface area (Å²) in [5.74, 6) is -0.201. The van der Waals surface area contributed by atoms with Crippen molar-refractivity contribution in [1.82, 2.24) is 0 Å². The Hall–Kier alpha value is -0.505. The van der Waals surface area contributed by atoms with E-state index < -0.39 is 0 Å². The van der Waals surface area contributed by atoms with E-state index in [9.17, 15) is 4.79 Å². The number of quaternary nitrogens is 1. The number of rotatable bonds is 3. The molecule has 66 valence electrons. The Morgan fingerprint density at radius 1 is 1.36 bits per heavy atom. The third-order valence-corrected chi connectivity index (χ3v) is 1.07. The number of carbonyl (C=O) groups is 1. The first-order chi connectivity index (χ1) is 4.42. The molecule has 0 aliphatic heterocycles. The number of ether oxygens (including phenoxy) is 1. The van der Waals surface area contributed by atoms with E-state index in [1.54, 1.807) is 0 Å². The molecule has 0 spiro atoms. The molecule has 0 heterocycles. The second-order valence-electron chi connectivity index (χ2n) is 3.35. The minimum Gasteiger partial charge on any atom is -0.460 e. The fourth-order valence-electron chi connectivity index (χ4n) is 0.463. The van der Waals surface area contributed by atoms with Crippen LogP contribution in [0.2, 0.25) is 0 Å². The molecule has 0 aromatic rings. The molecule has 0 radical (unpaired) electrons. The van der Waals surface area contributed by atoms with Gasteiger partial charge in [0.25, 0.3) is 0 Å². The van der Waals surface area contributed by atoms with E-state index in [4.69, 9.17) is 4.74 Å². The number of hydrogen-bond donors (Lipinski definition) is 0. The van der Waals surface area contributed by atoms with Crippen LogP contribution in [0.25, 0.3) is 0 Å². The van der Waals surface area contributed by atoms with Crippen molar-refractivity contribution in [3.8, 4) is 0 Å². The largest absolute Gasteiger partial charge is 0.460 e. The van der Waals surface area contributed by atoms with E-state index in [1.807, 2.05) is 0 Å². The Labute approximate surface area is 70.5 Å². The second-order valence-corrected chi connectivity index (χ2v) is 3.35. The van der Waals surface area contributed by atoms with Gasteiger partial charge in [-0.25, -0.2) is 0 Å². The minimum absolute atomic E-state index is 0. The van der Waals surface area contributed by atoms with Crippen LogP contribution in [0.4, 0.5) is 0 Å². The first-order valence-electron chi connectivity index (χ1n) is 3.35. The van der Waals surface area contributed by atoms with Crippen molar-refractivity contribution >= 4 is 14.4 Å². The SMILES string of the molecule is B.CC(=O)OCC[N+](C)(C)C. The van der Waals surface area contributed by atoms with Crippen LogP contribution in [0.5, 0.6) is 0 Å². The Morgan fingerprint density at radius 2 is 1.82 bits per heavy atom. The van der Waals surface area contributed by atoms with E-state index in [2.05, 4.69) is 21.1 Å². The van der Waals surface area contributed by atoms with Gasteiger partial charge in [-0.15, -0.1) is 0 Å². The highest BCUT2D eigenvalue weighted by Gasteiger charge is 2.06. The maximum absolute atomic E-state index is 10.3. The number of carbonyl (C=O) groups excluding carboxylic acids is 1. The normalized spacial score (nSPS) is 10.2. The molecule has 4 heteroatoms. The van der Waals surface area contributed by atoms with E-state index >= 15 is 0 Å². The number of hydrogen-bond acceptors (Lipinski definition) is 2. The van der Waals surface area contributed by atoms with Gasteiger partial charge in [-0.1, -0.05) is 0 Å². The third-order valence-electron chi connectivity index (χ3n) is 1.07. The first-order valence-corrected chi connectivity index (χ1v) is 3.35. The van der Waals surface area contributed by atoms with Crippen LogP contribution in [0.1, 0.15) is 6.92 Å². The van der Waals surface area contributed by atoms with Crippen LogP contribution in [-0.2, 0) is 9.53 Å². The molecule has 0 saturated heterocycles. The number of likely N-dealkylation sites (N-methyl/N-ethyl adjacent to an activating group) is 1. The summed E-state index contributed by atoms with van der Waals surface area (Å²) < 4.78 is 5.59. The van der Waals surface area contributed by atoms with Gasteiger partial charge in [0.1, 0.15) is 13.2 Å². The molecule has 0 N–H and O–H groups in total. The molecule has 11 heavy (non-hydrogen) atoms. The van der Waals surface area contributed by atoms with Crippen LogP contribution < -0.4 is 0 Å². The summed E-state index contributed by atoms with van der Waals surface area (Å²) in [5.41, 5.74) is 0. The van der Waals surface area contributed by atoms with Crippen molar-refractivity contribution in [2.75, 3.05) is 34.3 Å². The molecule has 0 fully saturated rings. The fourth-order valence-corrected chi connectivity index (χ4v) is 0.463. The number of esters is 1. The highest BCUT2D eigenvalue weighted by molar-refractivity contribution is 5.75. The summed E-state index contributed by atoms with van der Waals surface area (Å²) in [4.78, 5) is 10.3. The predicted octanol–water partition coefficient (Wildman–Crippen LogP) is -0.928. The van der Waals surface area contributed by atoms with Gasteiger partial charge in [-0.3, -0.25) is 4.79 Å². The molecular formula is C7H19BNO2+. The van der Waals surface area contributed by atoms with Gasteiger partial charge >= 0.3 is 5.97 Å². The van der Waals surface area contributed by atoms with Crippen LogP contribution in [0, 0.1) is 0 Å². The van der Waals surface area contributed by atoms with Gasteiger partial charge in [0, 0.05) is 6.92 Å². The average Bonchev–Trinajstić information content (AvgIpc) is 1.59. The molecule has 0 aromatic heterocycles. The van der Waals surface area contributed by atoms with Crippen molar-refractivity contribution in [2.24, 2.45) is 0 Å². The molecule has 0 aromatic carbocycles. The third kappa shape index (κ3) is 12.6. The summed E-state index contributed by atoms with van der Waals surface area (Å²) in [6.45, 7) is 2.80. The highest BCUT2D eigenvalue weighted by atomic mass is 16.5. The Morgan fingerprint density at radius 3 is 2.09 bits per heavy atom. The van der Waals surface area contributed by atoms with Crippen LogP contribution in [0.3, 0.4) is 0 Å². The zero-order valence-electron chi connectivity index (χ0n) is 7.18. The molecular weight excluding hydrogens is 141 g/mol. The van der Waals surface area contributed by atoms with E-state index in [1.165, 1.54) is 6.92 Å². The van der Waals surface area contributed by atoms with Crippen molar-refractivity contribution in [3.05, 3.63) is 0 Å². The fraction of sp³-hybridized carbons (Fsp3) is 0.857. The van der Waals surface area contributed by atoms with E-state index in [0.29, 0.717) is 6.61 Å². The predicted molar refractivity (Wildman–Crippen MR) is 49.5 cm³/mol. The van der Waals surface area contributed by atoms with Crippen molar-refractivity contribution < 1.29 is 14.0 Å². The van der Waals surface area contributed by atoms with Gasteiger partial charge < -0.3 is 9.22 Å². The van der Waals surface area contributed by atoms with E-state index in [0.717, 1.165) is 11.0 Å². The van der Waals surface area contributed by atoms with Crippen LogP contribution in [0.15, 0.2) is 0 Å². The molecule has 0 saturated carbocycles. The molecule has 0 aliphatic rings. The quantitative estimate of drug-likeness (QED) is 0.303. The zero-order chi connectivity index (χ0) is 8.20. The molecule has 0 rings (SSSR count). The van der Waals surface area contributed by atoms with Gasteiger partial charge in [-0.2, -0.15) is 0 Å². The summed E-state index contributed by atoms with van der Waals surface area (Å²) in [7, 11) is 6.18. The lowest BCUT2D eigenvalue weighted by atomic mass is 10.5. The van der Waals surface area contributed by atoms with E-state index in [-0.39, 0.29) is 14.4 Å². The summed E-state index contributed by atoms with van der Waals surface area (Å²) in [6, 6.07) is 0. The standard InChI is InChI=1S/C7H16NO2.BH3/c1-7(9)10-6-5-8(2,3)4;/h5-6H2,1-4H3;1H3/q+1;. The van der Waals surface area contributed by atoms with Crippen molar-refractivity contribution in [1.29, 1.82) is 0 Å². The average molecular weight is 160 g/mol. The molecule has 0 atom stereocenters. The molecule has 0 aliphatic carbocycles. The molecule has 0 unspecified atom stereocenters. The number of nitrogens with zero attached hydrogens (tertiary/aromatic N) is 1. The zero-order valence-corrected chi connectivity index (χ0v) is 7.18. The smallest absolute Gasteiger partial charge is 0.302 e. The lowest BCUT2D eigenvalue weighted by Gasteiger charge is -2.23. The summed E-state index contributed by atoms with van der Waals surface area (Å²) >= 11 is 0. The first kappa shape index (κ1) is 13.1. The Kier molecular flexibility index (Phi) is 6.18. The van der Waals surface area contributed by atoms with Gasteiger partial charge in [0.2, 0.25) is 0 Å². The summed E-state index contributed by atoms with van der Waals surface area (Å²) in [6.07, 6.45) is 0. The molecule has 3 nitrogen and oxygen atoms in total. The van der Waals surface area contributed by atoms with Crippen molar-refractivity contribution in [3.63, 3.8) is 0 Å². The monoisotopic (exact) mass is 160 g/mol. The molecule has 0 amide bonds. The van der Waals surface area contributed by atoms with Crippen LogP contribution >= 0.6 is 0 Å². The maximum Gasteiger partial charge on any atom is 0.302 e. The Balaban J connectivity index is 0. The van der Waals surface area contributed by atoms with Gasteiger partial charge in [0.05, 0.1) is 29.6 Å². The summed E-state index contributed by atoms with van der Waals surface area (Å²) in [5, 5.41) is 0. The molecule has 0 bridgehead atoms. The maximum atomic E-state index is 10.3. The van der Waals surface area contributed by atoms with Gasteiger partial charge in [-0.05, 0) is 0 Å². The highest BCUT2D eigenvalue weighted by Crippen LogP contribution is 1.88.